The highest BCUT2D eigenvalue weighted by molar-refractivity contribution is 5.77. The lowest BCUT2D eigenvalue weighted by Crippen LogP contribution is -2.07. The van der Waals surface area contributed by atoms with Gasteiger partial charge in [0.05, 0.1) is 11.0 Å². The van der Waals surface area contributed by atoms with Crippen molar-refractivity contribution in [1.82, 2.24) is 19.7 Å². The highest BCUT2D eigenvalue weighted by Gasteiger charge is 2.02. The van der Waals surface area contributed by atoms with Crippen LogP contribution in [-0.4, -0.2) is 26.3 Å². The number of H-pyrrole nitrogens is 1. The minimum Gasteiger partial charge on any atom is -0.356 e. The highest BCUT2D eigenvalue weighted by atomic mass is 19.1. The molecule has 2 aromatic heterocycles. The van der Waals surface area contributed by atoms with Crippen LogP contribution in [0.4, 0.5) is 10.3 Å². The molecule has 2 N–H and O–H groups in total. The number of nitrogens with one attached hydrogen (secondary N) is 2. The molecule has 0 aliphatic carbocycles. The maximum Gasteiger partial charge on any atom is 0.201 e. The van der Waals surface area contributed by atoms with Gasteiger partial charge in [-0.1, -0.05) is 0 Å². The van der Waals surface area contributed by atoms with Crippen molar-refractivity contribution in [2.45, 2.75) is 13.0 Å². The minimum atomic E-state index is -0.263. The van der Waals surface area contributed by atoms with E-state index in [0.717, 1.165) is 25.0 Å². The second kappa shape index (κ2) is 5.09. The Bertz CT molecular complexity index is 659. The summed E-state index contributed by atoms with van der Waals surface area (Å²) in [6.45, 7) is 1.64. The number of hydrogen-bond acceptors (Lipinski definition) is 3. The minimum absolute atomic E-state index is 0.263. The Hall–Kier alpha value is -2.37. The summed E-state index contributed by atoms with van der Waals surface area (Å²) in [7, 11) is 0. The molecular weight excluding hydrogens is 245 g/mol. The molecule has 0 radical (unpaired) electrons. The lowest BCUT2D eigenvalue weighted by molar-refractivity contribution is 0.591. The van der Waals surface area contributed by atoms with Crippen molar-refractivity contribution in [1.29, 1.82) is 0 Å². The number of hydrogen-bond donors (Lipinski definition) is 2. The monoisotopic (exact) mass is 259 g/mol. The summed E-state index contributed by atoms with van der Waals surface area (Å²) in [5.74, 6) is 0.405. The van der Waals surface area contributed by atoms with Gasteiger partial charge in [0.2, 0.25) is 5.95 Å². The van der Waals surface area contributed by atoms with E-state index in [4.69, 9.17) is 0 Å². The zero-order valence-electron chi connectivity index (χ0n) is 10.3. The predicted octanol–water partition coefficient (Wildman–Crippen LogP) is 2.40. The van der Waals surface area contributed by atoms with Gasteiger partial charge in [0.25, 0.3) is 0 Å². The van der Waals surface area contributed by atoms with Crippen molar-refractivity contribution < 1.29 is 4.39 Å². The van der Waals surface area contributed by atoms with Gasteiger partial charge in [-0.05, 0) is 30.7 Å². The fourth-order valence-corrected chi connectivity index (χ4v) is 1.95. The second-order valence-corrected chi connectivity index (χ2v) is 4.30. The summed E-state index contributed by atoms with van der Waals surface area (Å²) in [5, 5.41) is 7.31. The fraction of sp³-hybridized carbons (Fsp3) is 0.231. The van der Waals surface area contributed by atoms with E-state index < -0.39 is 0 Å². The van der Waals surface area contributed by atoms with Crippen LogP contribution in [0, 0.1) is 5.82 Å². The number of halogens is 1. The van der Waals surface area contributed by atoms with E-state index in [0.29, 0.717) is 11.5 Å². The molecule has 1 aromatic carbocycles. The number of fused-ring (bicyclic) bond motifs is 1. The number of aryl methyl sites for hydroxylation is 1. The van der Waals surface area contributed by atoms with Crippen LogP contribution in [0.2, 0.25) is 0 Å². The first-order valence-corrected chi connectivity index (χ1v) is 6.18. The number of imidazole rings is 1. The van der Waals surface area contributed by atoms with E-state index in [1.165, 1.54) is 12.1 Å². The summed E-state index contributed by atoms with van der Waals surface area (Å²) >= 11 is 0. The number of aromatic amines is 1. The Labute approximate surface area is 109 Å². The van der Waals surface area contributed by atoms with Gasteiger partial charge in [-0.2, -0.15) is 5.10 Å². The first kappa shape index (κ1) is 11.7. The molecule has 98 valence electrons. The van der Waals surface area contributed by atoms with Crippen molar-refractivity contribution in [2.24, 2.45) is 0 Å². The van der Waals surface area contributed by atoms with Gasteiger partial charge >= 0.3 is 0 Å². The van der Waals surface area contributed by atoms with Crippen molar-refractivity contribution in [3.8, 4) is 0 Å². The molecule has 0 aliphatic rings. The Morgan fingerprint density at radius 1 is 1.37 bits per heavy atom. The first-order valence-electron chi connectivity index (χ1n) is 6.18. The number of benzene rings is 1. The molecule has 0 aliphatic heterocycles. The van der Waals surface area contributed by atoms with E-state index in [-0.39, 0.29) is 5.82 Å². The number of nitrogens with zero attached hydrogens (tertiary/aromatic N) is 3. The van der Waals surface area contributed by atoms with E-state index >= 15 is 0 Å². The van der Waals surface area contributed by atoms with E-state index in [1.54, 1.807) is 12.3 Å². The Morgan fingerprint density at radius 2 is 2.32 bits per heavy atom. The average molecular weight is 259 g/mol. The van der Waals surface area contributed by atoms with Gasteiger partial charge in [0.1, 0.15) is 5.82 Å². The van der Waals surface area contributed by atoms with Crippen LogP contribution in [0.1, 0.15) is 6.42 Å². The quantitative estimate of drug-likeness (QED) is 0.692. The number of anilines is 1. The van der Waals surface area contributed by atoms with Crippen LogP contribution >= 0.6 is 0 Å². The zero-order chi connectivity index (χ0) is 13.1. The van der Waals surface area contributed by atoms with Crippen LogP contribution < -0.4 is 5.32 Å². The Balaban J connectivity index is 1.56. The van der Waals surface area contributed by atoms with Crippen molar-refractivity contribution in [3.05, 3.63) is 42.5 Å². The second-order valence-electron chi connectivity index (χ2n) is 4.30. The normalized spacial score (nSPS) is 11.0. The maximum absolute atomic E-state index is 13.0. The molecule has 0 unspecified atom stereocenters. The van der Waals surface area contributed by atoms with Crippen molar-refractivity contribution >= 4 is 17.0 Å². The highest BCUT2D eigenvalue weighted by Crippen LogP contribution is 2.15. The van der Waals surface area contributed by atoms with E-state index in [2.05, 4.69) is 20.4 Å². The molecule has 5 nitrogen and oxygen atoms in total. The topological polar surface area (TPSA) is 58.5 Å². The van der Waals surface area contributed by atoms with Crippen LogP contribution in [0.5, 0.6) is 0 Å². The lowest BCUT2D eigenvalue weighted by Gasteiger charge is -2.02. The standard InChI is InChI=1S/C13H14FN5/c14-10-3-4-11-12(9-10)18-13(17-11)15-5-1-7-19-8-2-6-16-19/h2-4,6,8-9H,1,5,7H2,(H2,15,17,18). The molecule has 0 bridgehead atoms. The van der Waals surface area contributed by atoms with Gasteiger partial charge < -0.3 is 10.3 Å². The molecule has 19 heavy (non-hydrogen) atoms. The molecule has 2 heterocycles. The van der Waals surface area contributed by atoms with Gasteiger partial charge in [-0.3, -0.25) is 4.68 Å². The molecule has 0 atom stereocenters. The summed E-state index contributed by atoms with van der Waals surface area (Å²) < 4.78 is 14.9. The summed E-state index contributed by atoms with van der Waals surface area (Å²) in [5.41, 5.74) is 1.46. The maximum atomic E-state index is 13.0. The molecule has 0 spiro atoms. The summed E-state index contributed by atoms with van der Waals surface area (Å²) in [6, 6.07) is 6.42. The van der Waals surface area contributed by atoms with Crippen LogP contribution in [-0.2, 0) is 6.54 Å². The van der Waals surface area contributed by atoms with Gasteiger partial charge in [0, 0.05) is 25.5 Å². The molecule has 3 aromatic rings. The van der Waals surface area contributed by atoms with Crippen LogP contribution in [0.3, 0.4) is 0 Å². The SMILES string of the molecule is Fc1ccc2nc(NCCCn3cccn3)[nH]c2c1. The van der Waals surface area contributed by atoms with Crippen LogP contribution in [0.15, 0.2) is 36.7 Å². The number of aromatic nitrogens is 4. The Kier molecular flexibility index (Phi) is 3.14. The first-order chi connectivity index (χ1) is 9.31. The van der Waals surface area contributed by atoms with Gasteiger partial charge in [0.15, 0.2) is 0 Å². The van der Waals surface area contributed by atoms with Gasteiger partial charge in [-0.25, -0.2) is 9.37 Å². The van der Waals surface area contributed by atoms with Gasteiger partial charge in [-0.15, -0.1) is 0 Å². The molecule has 0 fully saturated rings. The van der Waals surface area contributed by atoms with Crippen molar-refractivity contribution in [3.63, 3.8) is 0 Å². The lowest BCUT2D eigenvalue weighted by atomic mass is 10.3. The molecule has 0 saturated heterocycles. The fourth-order valence-electron chi connectivity index (χ4n) is 1.95. The summed E-state index contributed by atoms with van der Waals surface area (Å²) in [4.78, 5) is 7.38. The van der Waals surface area contributed by atoms with Crippen LogP contribution in [0.25, 0.3) is 11.0 Å². The third-order valence-electron chi connectivity index (χ3n) is 2.86. The third kappa shape index (κ3) is 2.73. The Morgan fingerprint density at radius 3 is 3.16 bits per heavy atom. The van der Waals surface area contributed by atoms with Crippen molar-refractivity contribution in [2.75, 3.05) is 11.9 Å². The third-order valence-corrected chi connectivity index (χ3v) is 2.86. The molecule has 3 rings (SSSR count). The predicted molar refractivity (Wildman–Crippen MR) is 71.4 cm³/mol. The number of rotatable bonds is 5. The molecular formula is C13H14FN5. The largest absolute Gasteiger partial charge is 0.356 e. The molecule has 0 saturated carbocycles. The summed E-state index contributed by atoms with van der Waals surface area (Å²) in [6.07, 6.45) is 4.64. The van der Waals surface area contributed by atoms with E-state index in [9.17, 15) is 4.39 Å². The molecule has 0 amide bonds. The molecule has 6 heteroatoms. The smallest absolute Gasteiger partial charge is 0.201 e. The average Bonchev–Trinajstić information content (AvgIpc) is 3.02. The zero-order valence-corrected chi connectivity index (χ0v) is 10.3. The van der Waals surface area contributed by atoms with E-state index in [1.807, 2.05) is 16.9 Å².